The van der Waals surface area contributed by atoms with Gasteiger partial charge in [-0.1, -0.05) is 72.8 Å². The Morgan fingerprint density at radius 2 is 1.40 bits per heavy atom. The Labute approximate surface area is 252 Å². The largest absolute Gasteiger partial charge is 0.491 e. The number of piperidine rings is 1. The molecule has 1 aliphatic heterocycles. The van der Waals surface area contributed by atoms with E-state index in [4.69, 9.17) is 19.7 Å². The van der Waals surface area contributed by atoms with E-state index in [-0.39, 0.29) is 12.2 Å². The molecule has 0 saturated carbocycles. The average Bonchev–Trinajstić information content (AvgIpc) is 2.99. The van der Waals surface area contributed by atoms with Crippen molar-refractivity contribution in [1.82, 2.24) is 4.90 Å². The van der Waals surface area contributed by atoms with Crippen LogP contribution in [0, 0.1) is 0 Å². The summed E-state index contributed by atoms with van der Waals surface area (Å²) in [7, 11) is -3.35. The smallest absolute Gasteiger partial charge is 0.328 e. The third kappa shape index (κ3) is 12.7. The number of sulfonamides is 1. The Kier molecular flexibility index (Phi) is 13.2. The molecule has 0 radical (unpaired) electrons. The van der Waals surface area contributed by atoms with Gasteiger partial charge >= 0.3 is 11.9 Å². The molecule has 1 fully saturated rings. The number of likely N-dealkylation sites (tertiary alicyclic amines) is 1. The normalized spacial score (nSPS) is 14.2. The van der Waals surface area contributed by atoms with E-state index < -0.39 is 22.0 Å². The van der Waals surface area contributed by atoms with Crippen molar-refractivity contribution in [3.8, 4) is 5.75 Å². The Morgan fingerprint density at radius 3 is 1.91 bits per heavy atom. The fourth-order valence-electron chi connectivity index (χ4n) is 4.56. The molecule has 0 bridgehead atoms. The van der Waals surface area contributed by atoms with E-state index in [1.165, 1.54) is 11.1 Å². The predicted octanol–water partition coefficient (Wildman–Crippen LogP) is 4.81. The number of nitrogens with one attached hydrogen (secondary N) is 1. The topological polar surface area (TPSA) is 142 Å². The van der Waals surface area contributed by atoms with Crippen LogP contribution in [0.25, 0.3) is 0 Å². The van der Waals surface area contributed by atoms with Crippen LogP contribution < -0.4 is 9.46 Å². The van der Waals surface area contributed by atoms with Gasteiger partial charge in [-0.25, -0.2) is 18.0 Å². The summed E-state index contributed by atoms with van der Waals surface area (Å²) in [4.78, 5) is 21.6. The molecular weight excluding hydrogens is 572 g/mol. The minimum absolute atomic E-state index is 0.0528. The van der Waals surface area contributed by atoms with Crippen LogP contribution in [0.5, 0.6) is 5.75 Å². The summed E-state index contributed by atoms with van der Waals surface area (Å²) < 4.78 is 38.1. The number of rotatable bonds is 13. The Morgan fingerprint density at radius 1 is 0.884 bits per heavy atom. The molecule has 3 aromatic carbocycles. The number of anilines is 1. The van der Waals surface area contributed by atoms with Crippen LogP contribution in [0.3, 0.4) is 0 Å². The van der Waals surface area contributed by atoms with Gasteiger partial charge in [0.2, 0.25) is 10.0 Å². The van der Waals surface area contributed by atoms with Gasteiger partial charge in [-0.2, -0.15) is 0 Å². The number of carbonyl (C=O) groups is 2. The molecular formula is C32H38N2O8S. The molecule has 11 heteroatoms. The van der Waals surface area contributed by atoms with E-state index in [2.05, 4.69) is 58.2 Å². The second-order valence-electron chi connectivity index (χ2n) is 9.96. The van der Waals surface area contributed by atoms with Crippen LogP contribution in [0.2, 0.25) is 0 Å². The second-order valence-corrected chi connectivity index (χ2v) is 11.7. The highest BCUT2D eigenvalue weighted by Gasteiger charge is 2.24. The number of hydrogen-bond donors (Lipinski definition) is 3. The van der Waals surface area contributed by atoms with Gasteiger partial charge in [-0.05, 0) is 42.5 Å². The van der Waals surface area contributed by atoms with Crippen LogP contribution in [0.15, 0.2) is 97.1 Å². The maximum Gasteiger partial charge on any atom is 0.328 e. The summed E-state index contributed by atoms with van der Waals surface area (Å²) in [6.07, 6.45) is 5.29. The van der Waals surface area contributed by atoms with Crippen molar-refractivity contribution in [2.24, 2.45) is 0 Å². The first-order valence-electron chi connectivity index (χ1n) is 13.9. The molecule has 1 heterocycles. The van der Waals surface area contributed by atoms with E-state index in [1.807, 2.05) is 18.2 Å². The highest BCUT2D eigenvalue weighted by atomic mass is 32.2. The standard InChI is InChI=1S/C28H34N2O4S.C4H4O4/c1-35(31,32)29-26-15-8-9-16-27(26)33-22-10-19-30-20-17-25(18-21-30)34-28(23-11-4-2-5-12-23)24-13-6-3-7-14-24;5-3(6)1-2-4(7)8/h2-9,11-16,25,28-29H,10,17-22H2,1H3;1-2H,(H,5,6)(H,7,8)/b;2-1+. The van der Waals surface area contributed by atoms with Gasteiger partial charge in [0.1, 0.15) is 11.9 Å². The van der Waals surface area contributed by atoms with E-state index >= 15 is 0 Å². The van der Waals surface area contributed by atoms with Crippen molar-refractivity contribution >= 4 is 27.6 Å². The van der Waals surface area contributed by atoms with E-state index in [1.54, 1.807) is 18.2 Å². The highest BCUT2D eigenvalue weighted by molar-refractivity contribution is 7.92. The molecule has 0 spiro atoms. The maximum atomic E-state index is 11.6. The second kappa shape index (κ2) is 17.1. The van der Waals surface area contributed by atoms with Crippen molar-refractivity contribution in [3.05, 3.63) is 108 Å². The molecule has 0 aliphatic carbocycles. The SMILES string of the molecule is CS(=O)(=O)Nc1ccccc1OCCCN1CCC(OC(c2ccccc2)c2ccccc2)CC1.O=C(O)/C=C/C(=O)O. The van der Waals surface area contributed by atoms with Gasteiger partial charge in [0.15, 0.2) is 0 Å². The molecule has 1 aliphatic rings. The lowest BCUT2D eigenvalue weighted by atomic mass is 10.00. The zero-order valence-electron chi connectivity index (χ0n) is 24.0. The molecule has 43 heavy (non-hydrogen) atoms. The number of carboxylic acid groups (broad SMARTS) is 2. The number of aliphatic carboxylic acids is 2. The van der Waals surface area contributed by atoms with Gasteiger partial charge in [0, 0.05) is 31.8 Å². The van der Waals surface area contributed by atoms with Crippen molar-refractivity contribution in [2.75, 3.05) is 37.2 Å². The molecule has 0 aromatic heterocycles. The van der Waals surface area contributed by atoms with E-state index in [9.17, 15) is 18.0 Å². The van der Waals surface area contributed by atoms with Crippen molar-refractivity contribution < 1.29 is 37.7 Å². The van der Waals surface area contributed by atoms with Crippen molar-refractivity contribution in [2.45, 2.75) is 31.5 Å². The molecule has 1 saturated heterocycles. The molecule has 0 unspecified atom stereocenters. The average molecular weight is 611 g/mol. The highest BCUT2D eigenvalue weighted by Crippen LogP contribution is 2.30. The van der Waals surface area contributed by atoms with Crippen LogP contribution in [0.1, 0.15) is 36.5 Å². The zero-order chi connectivity index (χ0) is 31.1. The van der Waals surface area contributed by atoms with Crippen LogP contribution in [-0.2, 0) is 24.3 Å². The lowest BCUT2D eigenvalue weighted by Crippen LogP contribution is -2.38. The monoisotopic (exact) mass is 610 g/mol. The molecule has 0 amide bonds. The molecule has 0 atom stereocenters. The molecule has 10 nitrogen and oxygen atoms in total. The van der Waals surface area contributed by atoms with E-state index in [0.717, 1.165) is 45.2 Å². The Balaban J connectivity index is 0.000000557. The molecule has 3 N–H and O–H groups in total. The molecule has 4 rings (SSSR count). The van der Waals surface area contributed by atoms with Gasteiger partial charge in [0.25, 0.3) is 0 Å². The quantitative estimate of drug-likeness (QED) is 0.184. The number of nitrogens with zero attached hydrogens (tertiary/aromatic N) is 1. The fraction of sp³-hybridized carbons (Fsp3) is 0.312. The first kappa shape index (κ1) is 33.3. The van der Waals surface area contributed by atoms with Gasteiger partial charge in [-0.15, -0.1) is 0 Å². The maximum absolute atomic E-state index is 11.6. The minimum atomic E-state index is -3.35. The zero-order valence-corrected chi connectivity index (χ0v) is 24.9. The lowest BCUT2D eigenvalue weighted by Gasteiger charge is -2.34. The van der Waals surface area contributed by atoms with Crippen molar-refractivity contribution in [3.63, 3.8) is 0 Å². The first-order chi connectivity index (χ1) is 20.6. The fourth-order valence-corrected chi connectivity index (χ4v) is 5.12. The summed E-state index contributed by atoms with van der Waals surface area (Å²) in [6, 6.07) is 28.0. The summed E-state index contributed by atoms with van der Waals surface area (Å²) >= 11 is 0. The minimum Gasteiger partial charge on any atom is -0.491 e. The predicted molar refractivity (Wildman–Crippen MR) is 165 cm³/mol. The van der Waals surface area contributed by atoms with Crippen LogP contribution in [0.4, 0.5) is 5.69 Å². The summed E-state index contributed by atoms with van der Waals surface area (Å²) in [5.74, 6) is -1.96. The summed E-state index contributed by atoms with van der Waals surface area (Å²) in [5, 5.41) is 15.6. The Bertz CT molecular complexity index is 1370. The molecule has 3 aromatic rings. The molecule has 230 valence electrons. The first-order valence-corrected chi connectivity index (χ1v) is 15.8. The number of benzene rings is 3. The van der Waals surface area contributed by atoms with Gasteiger partial charge < -0.3 is 24.6 Å². The van der Waals surface area contributed by atoms with Gasteiger partial charge in [0.05, 0.1) is 24.7 Å². The van der Waals surface area contributed by atoms with Crippen molar-refractivity contribution in [1.29, 1.82) is 0 Å². The Hall–Kier alpha value is -4.19. The summed E-state index contributed by atoms with van der Waals surface area (Å²) in [5.41, 5.74) is 2.84. The van der Waals surface area contributed by atoms with Crippen LogP contribution in [-0.4, -0.2) is 74.1 Å². The number of ether oxygens (including phenoxy) is 2. The van der Waals surface area contributed by atoms with Crippen LogP contribution >= 0.6 is 0 Å². The van der Waals surface area contributed by atoms with Gasteiger partial charge in [-0.3, -0.25) is 4.72 Å². The lowest BCUT2D eigenvalue weighted by molar-refractivity contribution is -0.134. The third-order valence-electron chi connectivity index (χ3n) is 6.49. The third-order valence-corrected chi connectivity index (χ3v) is 7.09. The van der Waals surface area contributed by atoms with E-state index in [0.29, 0.717) is 30.2 Å². The number of carboxylic acids is 2. The summed E-state index contributed by atoms with van der Waals surface area (Å²) in [6.45, 7) is 3.46. The number of para-hydroxylation sites is 2. The number of hydrogen-bond acceptors (Lipinski definition) is 7.